The van der Waals surface area contributed by atoms with E-state index < -0.39 is 0 Å². The number of imidazole rings is 2. The zero-order valence-electron chi connectivity index (χ0n) is 33.5. The lowest BCUT2D eigenvalue weighted by Crippen LogP contribution is -2.44. The zero-order chi connectivity index (χ0) is 38.8. The fraction of sp³-hybridized carbons (Fsp3) is 0.391. The third-order valence-electron chi connectivity index (χ3n) is 11.3. The third kappa shape index (κ3) is 5.59. The average molecular weight is 749 g/mol. The molecule has 10 heteroatoms. The highest BCUT2D eigenvalue weighted by molar-refractivity contribution is 6.07. The second-order valence-corrected chi connectivity index (χ2v) is 18.8. The van der Waals surface area contributed by atoms with Crippen molar-refractivity contribution in [2.45, 2.75) is 66.2 Å². The second-order valence-electron chi connectivity index (χ2n) is 18.8. The maximum Gasteiger partial charge on any atom is 0.148 e. The Morgan fingerprint density at radius 2 is 0.982 bits per heavy atom. The summed E-state index contributed by atoms with van der Waals surface area (Å²) in [6.45, 7) is 21.7. The van der Waals surface area contributed by atoms with Gasteiger partial charge in [0.1, 0.15) is 34.4 Å². The van der Waals surface area contributed by atoms with Gasteiger partial charge in [-0.05, 0) is 36.4 Å². The molecule has 0 radical (unpaired) electrons. The summed E-state index contributed by atoms with van der Waals surface area (Å²) in [7, 11) is 0. The van der Waals surface area contributed by atoms with E-state index in [2.05, 4.69) is 125 Å². The minimum atomic E-state index is -0.267. The number of fused-ring (bicyclic) bond motifs is 10. The van der Waals surface area contributed by atoms with Gasteiger partial charge < -0.3 is 18.9 Å². The summed E-state index contributed by atoms with van der Waals surface area (Å²) in [6.07, 6.45) is 0. The maximum absolute atomic E-state index is 6.28. The largest absolute Gasteiger partial charge is 0.493 e. The van der Waals surface area contributed by atoms with Gasteiger partial charge in [0, 0.05) is 55.7 Å². The fourth-order valence-corrected chi connectivity index (χ4v) is 8.11. The van der Waals surface area contributed by atoms with Crippen molar-refractivity contribution in [3.05, 3.63) is 84.4 Å². The van der Waals surface area contributed by atoms with E-state index in [1.54, 1.807) is 0 Å². The fourth-order valence-electron chi connectivity index (χ4n) is 8.11. The zero-order valence-corrected chi connectivity index (χ0v) is 33.5. The van der Waals surface area contributed by atoms with Gasteiger partial charge in [0.2, 0.25) is 0 Å². The van der Waals surface area contributed by atoms with Crippen LogP contribution >= 0.6 is 0 Å². The van der Waals surface area contributed by atoms with Gasteiger partial charge in [-0.2, -0.15) is 0 Å². The van der Waals surface area contributed by atoms with Gasteiger partial charge in [-0.1, -0.05) is 79.7 Å². The molecule has 4 aromatic carbocycles. The lowest BCUT2D eigenvalue weighted by atomic mass is 9.90. The molecule has 10 nitrogen and oxygen atoms in total. The minimum Gasteiger partial charge on any atom is -0.493 e. The Bertz CT molecular complexity index is 2690. The number of ether oxygens (including phenoxy) is 4. The quantitative estimate of drug-likeness (QED) is 0.159. The number of rotatable bonds is 7. The molecule has 0 aliphatic carbocycles. The first-order chi connectivity index (χ1) is 26.7. The molecule has 4 aromatic heterocycles. The van der Waals surface area contributed by atoms with Crippen LogP contribution in [0, 0.1) is 10.8 Å². The summed E-state index contributed by atoms with van der Waals surface area (Å²) in [4.78, 5) is 21.5. The van der Waals surface area contributed by atoms with Crippen LogP contribution in [0.25, 0.3) is 66.3 Å². The first-order valence-electron chi connectivity index (χ1n) is 19.6. The van der Waals surface area contributed by atoms with Gasteiger partial charge in [0.15, 0.2) is 0 Å². The van der Waals surface area contributed by atoms with Crippen LogP contribution in [-0.2, 0) is 20.3 Å². The van der Waals surface area contributed by atoms with E-state index >= 15 is 0 Å². The Hall–Kier alpha value is -5.32. The molecule has 2 fully saturated rings. The van der Waals surface area contributed by atoms with E-state index in [-0.39, 0.29) is 21.7 Å². The molecule has 2 aliphatic heterocycles. The lowest BCUT2D eigenvalue weighted by Gasteiger charge is -2.37. The van der Waals surface area contributed by atoms with Crippen molar-refractivity contribution in [1.29, 1.82) is 0 Å². The van der Waals surface area contributed by atoms with Gasteiger partial charge in [-0.25, -0.2) is 19.9 Å². The van der Waals surface area contributed by atoms with Crippen LogP contribution < -0.4 is 9.47 Å². The van der Waals surface area contributed by atoms with E-state index in [1.807, 2.05) is 12.1 Å². The first kappa shape index (κ1) is 35.1. The van der Waals surface area contributed by atoms with Crippen LogP contribution in [0.2, 0.25) is 0 Å². The number of nitrogens with zero attached hydrogens (tertiary/aromatic N) is 6. The molecule has 6 heterocycles. The Balaban J connectivity index is 1.15. The van der Waals surface area contributed by atoms with Crippen molar-refractivity contribution in [2.75, 3.05) is 39.6 Å². The Labute approximate surface area is 325 Å². The van der Waals surface area contributed by atoms with Crippen LogP contribution in [0.15, 0.2) is 72.8 Å². The first-order valence-corrected chi connectivity index (χ1v) is 19.6. The van der Waals surface area contributed by atoms with Crippen molar-refractivity contribution in [1.82, 2.24) is 28.7 Å². The summed E-state index contributed by atoms with van der Waals surface area (Å²) < 4.78 is 27.9. The molecule has 0 amide bonds. The van der Waals surface area contributed by atoms with Gasteiger partial charge in [-0.15, -0.1) is 0 Å². The summed E-state index contributed by atoms with van der Waals surface area (Å²) in [6, 6.07) is 25.2. The molecule has 0 atom stereocenters. The van der Waals surface area contributed by atoms with Gasteiger partial charge in [0.05, 0.1) is 72.7 Å². The Morgan fingerprint density at radius 1 is 0.571 bits per heavy atom. The second kappa shape index (κ2) is 12.1. The van der Waals surface area contributed by atoms with Gasteiger partial charge in [0.25, 0.3) is 0 Å². The standard InChI is InChI=1S/C46H48N6O4/c1-43(2,3)41-47-33-19-27(55-25-45(7)21-53-22-45)15-17-31(33)39-49-37-29(11-9-13-35(37)51(39)41)30-12-10-14-36-38(30)50-40-32-18-16-28(56-26-46(8)23-54-24-46)20-34(32)48-42(52(36)40)44(4,5)6/h9-20H,21-26H2,1-8H3. The third-order valence-corrected chi connectivity index (χ3v) is 11.3. The van der Waals surface area contributed by atoms with E-state index in [0.717, 1.165) is 116 Å². The van der Waals surface area contributed by atoms with Crippen LogP contribution in [-0.4, -0.2) is 68.4 Å². The molecule has 286 valence electrons. The molecule has 0 unspecified atom stereocenters. The van der Waals surface area contributed by atoms with E-state index in [9.17, 15) is 0 Å². The predicted molar refractivity (Wildman–Crippen MR) is 221 cm³/mol. The normalized spacial score (nSPS) is 16.9. The van der Waals surface area contributed by atoms with E-state index in [4.69, 9.17) is 38.9 Å². The van der Waals surface area contributed by atoms with E-state index in [1.165, 1.54) is 0 Å². The smallest absolute Gasteiger partial charge is 0.148 e. The average Bonchev–Trinajstić information content (AvgIpc) is 3.73. The molecule has 2 saturated heterocycles. The topological polar surface area (TPSA) is 97.3 Å². The molecular formula is C46H48N6O4. The van der Waals surface area contributed by atoms with Crippen molar-refractivity contribution < 1.29 is 18.9 Å². The van der Waals surface area contributed by atoms with Gasteiger partial charge in [-0.3, -0.25) is 8.80 Å². The molecule has 8 aromatic rings. The van der Waals surface area contributed by atoms with Crippen molar-refractivity contribution in [3.8, 4) is 22.6 Å². The molecule has 0 spiro atoms. The molecule has 0 N–H and O–H groups in total. The maximum atomic E-state index is 6.28. The Morgan fingerprint density at radius 3 is 1.34 bits per heavy atom. The highest BCUT2D eigenvalue weighted by Gasteiger charge is 2.35. The van der Waals surface area contributed by atoms with Crippen molar-refractivity contribution >= 4 is 55.2 Å². The molecule has 2 aliphatic rings. The SMILES string of the molecule is CC1(COc2ccc3c(c2)nc(C(C)(C)C)n2c4cccc(-c5cccc6c5nc5c7ccc(OCC8(C)COC8)cc7nc(C(C)(C)C)n65)c4nc32)COC1. The lowest BCUT2D eigenvalue weighted by molar-refractivity contribution is -0.120. The highest BCUT2D eigenvalue weighted by Crippen LogP contribution is 2.40. The number of para-hydroxylation sites is 2. The van der Waals surface area contributed by atoms with Crippen LogP contribution in [0.1, 0.15) is 67.0 Å². The summed E-state index contributed by atoms with van der Waals surface area (Å²) >= 11 is 0. The summed E-state index contributed by atoms with van der Waals surface area (Å²) in [5, 5.41) is 1.95. The van der Waals surface area contributed by atoms with Crippen molar-refractivity contribution in [3.63, 3.8) is 0 Å². The molecule has 0 saturated carbocycles. The van der Waals surface area contributed by atoms with Crippen LogP contribution in [0.4, 0.5) is 0 Å². The minimum absolute atomic E-state index is 0.0458. The summed E-state index contributed by atoms with van der Waals surface area (Å²) in [5.74, 6) is 3.48. The monoisotopic (exact) mass is 748 g/mol. The number of aromatic nitrogens is 6. The van der Waals surface area contributed by atoms with E-state index in [0.29, 0.717) is 13.2 Å². The molecular weight excluding hydrogens is 701 g/mol. The number of hydrogen-bond donors (Lipinski definition) is 0. The summed E-state index contributed by atoms with van der Waals surface area (Å²) in [5.41, 5.74) is 8.89. The van der Waals surface area contributed by atoms with Crippen molar-refractivity contribution in [2.24, 2.45) is 10.8 Å². The highest BCUT2D eigenvalue weighted by atomic mass is 16.5. The Kier molecular flexibility index (Phi) is 7.58. The van der Waals surface area contributed by atoms with Crippen LogP contribution in [0.5, 0.6) is 11.5 Å². The molecule has 56 heavy (non-hydrogen) atoms. The number of hydrogen-bond acceptors (Lipinski definition) is 8. The molecule has 0 bridgehead atoms. The molecule has 10 rings (SSSR count). The van der Waals surface area contributed by atoms with Crippen LogP contribution in [0.3, 0.4) is 0 Å². The number of benzene rings is 4. The predicted octanol–water partition coefficient (Wildman–Crippen LogP) is 9.48. The van der Waals surface area contributed by atoms with Gasteiger partial charge >= 0.3 is 0 Å².